The number of unbranched alkanes of at least 4 members (excludes halogenated alkanes) is 27. The number of carbonyl (C=O) groups is 3. The van der Waals surface area contributed by atoms with E-state index in [1.807, 2.05) is 0 Å². The summed E-state index contributed by atoms with van der Waals surface area (Å²) >= 11 is 0. The van der Waals surface area contributed by atoms with Crippen LogP contribution in [0.25, 0.3) is 0 Å². The van der Waals surface area contributed by atoms with E-state index < -0.39 is 6.10 Å². The maximum Gasteiger partial charge on any atom is 0.306 e. The average molecular weight is 827 g/mol. The molecule has 0 spiro atoms. The van der Waals surface area contributed by atoms with Crippen LogP contribution >= 0.6 is 0 Å². The van der Waals surface area contributed by atoms with Gasteiger partial charge in [-0.15, -0.1) is 0 Å². The molecule has 0 N–H and O–H groups in total. The summed E-state index contributed by atoms with van der Waals surface area (Å²) in [5.74, 6) is -0.894. The molecule has 0 bridgehead atoms. The molecule has 0 aromatic rings. The van der Waals surface area contributed by atoms with Gasteiger partial charge in [-0.05, 0) is 70.6 Å². The number of hydrogen-bond donors (Lipinski definition) is 0. The summed E-state index contributed by atoms with van der Waals surface area (Å²) in [5.41, 5.74) is 0. The average Bonchev–Trinajstić information content (AvgIpc) is 3.23. The number of ether oxygens (including phenoxy) is 3. The van der Waals surface area contributed by atoms with Crippen LogP contribution in [-0.4, -0.2) is 37.2 Å². The van der Waals surface area contributed by atoms with Crippen molar-refractivity contribution in [2.45, 2.75) is 258 Å². The van der Waals surface area contributed by atoms with Crippen LogP contribution < -0.4 is 0 Å². The second-order valence-electron chi connectivity index (χ2n) is 16.7. The van der Waals surface area contributed by atoms with Gasteiger partial charge in [-0.2, -0.15) is 0 Å². The first-order valence-electron chi connectivity index (χ1n) is 25.2. The number of hydrogen-bond acceptors (Lipinski definition) is 6. The van der Waals surface area contributed by atoms with Crippen LogP contribution in [0.3, 0.4) is 0 Å². The smallest absolute Gasteiger partial charge is 0.306 e. The van der Waals surface area contributed by atoms with E-state index in [0.29, 0.717) is 19.3 Å². The van der Waals surface area contributed by atoms with Gasteiger partial charge in [-0.3, -0.25) is 14.4 Å². The Kier molecular flexibility index (Phi) is 45.9. The molecule has 0 heterocycles. The molecule has 6 heteroatoms. The van der Waals surface area contributed by atoms with Crippen LogP contribution in [0.5, 0.6) is 0 Å². The number of esters is 3. The predicted molar refractivity (Wildman–Crippen MR) is 252 cm³/mol. The van der Waals surface area contributed by atoms with Crippen LogP contribution in [0.1, 0.15) is 252 Å². The molecule has 1 unspecified atom stereocenters. The molecule has 342 valence electrons. The summed E-state index contributed by atoms with van der Waals surface area (Å²) in [5, 5.41) is 0. The molecule has 6 nitrogen and oxygen atoms in total. The van der Waals surface area contributed by atoms with Gasteiger partial charge in [-0.1, -0.05) is 211 Å². The fourth-order valence-corrected chi connectivity index (χ4v) is 7.06. The third-order valence-corrected chi connectivity index (χ3v) is 10.8. The molecule has 0 aromatic carbocycles. The molecule has 0 amide bonds. The summed E-state index contributed by atoms with van der Waals surface area (Å²) in [4.78, 5) is 37.8. The summed E-state index contributed by atoms with van der Waals surface area (Å²) in [6.07, 6.45) is 56.7. The third-order valence-electron chi connectivity index (χ3n) is 10.8. The summed E-state index contributed by atoms with van der Waals surface area (Å²) in [6, 6.07) is 0. The normalized spacial score (nSPS) is 12.4. The predicted octanol–water partition coefficient (Wildman–Crippen LogP) is 16.3. The van der Waals surface area contributed by atoms with Gasteiger partial charge in [0.1, 0.15) is 13.2 Å². The zero-order valence-corrected chi connectivity index (χ0v) is 39.0. The molecular weight excluding hydrogens is 733 g/mol. The van der Waals surface area contributed by atoms with Gasteiger partial charge in [0.15, 0.2) is 6.10 Å². The van der Waals surface area contributed by atoms with Crippen molar-refractivity contribution in [3.63, 3.8) is 0 Å². The van der Waals surface area contributed by atoms with E-state index in [1.54, 1.807) is 0 Å². The standard InChI is InChI=1S/C53H94O6/c1-4-7-10-13-16-19-22-24-25-26-27-28-29-30-32-34-37-40-43-46-52(55)58-49-50(48-57-51(54)45-42-39-36-33-21-18-15-12-9-6-3)59-53(56)47-44-41-38-35-31-23-20-17-14-11-8-5-2/h8,11,16-17,19-20,22,24,50H,4-7,9-10,12-15,18,21,23,25-49H2,1-3H3/b11-8-,19-16-,20-17-,24-22-. The molecule has 1 atom stereocenters. The number of carbonyl (C=O) groups excluding carboxylic acids is 3. The van der Waals surface area contributed by atoms with E-state index in [2.05, 4.69) is 69.4 Å². The van der Waals surface area contributed by atoms with Crippen LogP contribution in [-0.2, 0) is 28.6 Å². The minimum atomic E-state index is -0.777. The Balaban J connectivity index is 4.30. The summed E-state index contributed by atoms with van der Waals surface area (Å²) < 4.78 is 16.7. The molecule has 0 fully saturated rings. The molecule has 0 aromatic heterocycles. The minimum Gasteiger partial charge on any atom is -0.462 e. The molecule has 0 rings (SSSR count). The Bertz CT molecular complexity index is 1040. The fraction of sp³-hybridized carbons (Fsp3) is 0.792. The molecular formula is C53H94O6. The Morgan fingerprint density at radius 1 is 0.373 bits per heavy atom. The van der Waals surface area contributed by atoms with Crippen molar-refractivity contribution in [3.8, 4) is 0 Å². The Labute approximate surface area is 365 Å². The van der Waals surface area contributed by atoms with Crippen LogP contribution in [0.15, 0.2) is 48.6 Å². The number of allylic oxidation sites excluding steroid dienone is 8. The lowest BCUT2D eigenvalue weighted by Crippen LogP contribution is -2.30. The zero-order valence-electron chi connectivity index (χ0n) is 39.0. The van der Waals surface area contributed by atoms with E-state index in [0.717, 1.165) is 89.9 Å². The van der Waals surface area contributed by atoms with Gasteiger partial charge < -0.3 is 14.2 Å². The lowest BCUT2D eigenvalue weighted by molar-refractivity contribution is -0.167. The van der Waals surface area contributed by atoms with Crippen molar-refractivity contribution in [1.82, 2.24) is 0 Å². The minimum absolute atomic E-state index is 0.0781. The van der Waals surface area contributed by atoms with Crippen molar-refractivity contribution in [2.24, 2.45) is 0 Å². The molecule has 0 radical (unpaired) electrons. The van der Waals surface area contributed by atoms with Crippen molar-refractivity contribution in [3.05, 3.63) is 48.6 Å². The SMILES string of the molecule is CC/C=C\C/C=C\CCCCCCCC(=O)OC(COC(=O)CCCCCCCCCCCC)COC(=O)CCCCCCCCCCCC/C=C\C=C/CCCCC. The second-order valence-corrected chi connectivity index (χ2v) is 16.7. The first-order chi connectivity index (χ1) is 29.0. The first-order valence-corrected chi connectivity index (χ1v) is 25.2. The first kappa shape index (κ1) is 56.4. The molecule has 0 saturated heterocycles. The maximum atomic E-state index is 12.7. The zero-order chi connectivity index (χ0) is 43.0. The largest absolute Gasteiger partial charge is 0.462 e. The summed E-state index contributed by atoms with van der Waals surface area (Å²) in [6.45, 7) is 6.48. The van der Waals surface area contributed by atoms with Crippen LogP contribution in [0.2, 0.25) is 0 Å². The van der Waals surface area contributed by atoms with Crippen molar-refractivity contribution in [2.75, 3.05) is 13.2 Å². The molecule has 0 aliphatic heterocycles. The highest BCUT2D eigenvalue weighted by Gasteiger charge is 2.19. The third kappa shape index (κ3) is 46.3. The molecule has 0 saturated carbocycles. The number of rotatable bonds is 45. The van der Waals surface area contributed by atoms with Gasteiger partial charge in [0.2, 0.25) is 0 Å². The van der Waals surface area contributed by atoms with Crippen molar-refractivity contribution < 1.29 is 28.6 Å². The quantitative estimate of drug-likeness (QED) is 0.0200. The van der Waals surface area contributed by atoms with Gasteiger partial charge >= 0.3 is 17.9 Å². The van der Waals surface area contributed by atoms with Gasteiger partial charge in [0.25, 0.3) is 0 Å². The van der Waals surface area contributed by atoms with E-state index >= 15 is 0 Å². The fourth-order valence-electron chi connectivity index (χ4n) is 7.06. The molecule has 0 aliphatic carbocycles. The maximum absolute atomic E-state index is 12.7. The van der Waals surface area contributed by atoms with E-state index in [4.69, 9.17) is 14.2 Å². The molecule has 0 aliphatic rings. The second kappa shape index (κ2) is 48.0. The van der Waals surface area contributed by atoms with Gasteiger partial charge in [0.05, 0.1) is 0 Å². The molecule has 59 heavy (non-hydrogen) atoms. The Hall–Kier alpha value is -2.63. The highest BCUT2D eigenvalue weighted by atomic mass is 16.6. The highest BCUT2D eigenvalue weighted by Crippen LogP contribution is 2.15. The monoisotopic (exact) mass is 827 g/mol. The van der Waals surface area contributed by atoms with E-state index in [-0.39, 0.29) is 31.1 Å². The van der Waals surface area contributed by atoms with Crippen LogP contribution in [0.4, 0.5) is 0 Å². The topological polar surface area (TPSA) is 78.9 Å². The Morgan fingerprint density at radius 2 is 0.712 bits per heavy atom. The van der Waals surface area contributed by atoms with E-state index in [9.17, 15) is 14.4 Å². The van der Waals surface area contributed by atoms with Gasteiger partial charge in [0, 0.05) is 19.3 Å². The van der Waals surface area contributed by atoms with Crippen molar-refractivity contribution in [1.29, 1.82) is 0 Å². The lowest BCUT2D eigenvalue weighted by atomic mass is 10.1. The van der Waals surface area contributed by atoms with E-state index in [1.165, 1.54) is 122 Å². The lowest BCUT2D eigenvalue weighted by Gasteiger charge is -2.18. The summed E-state index contributed by atoms with van der Waals surface area (Å²) in [7, 11) is 0. The van der Waals surface area contributed by atoms with Gasteiger partial charge in [-0.25, -0.2) is 0 Å². The van der Waals surface area contributed by atoms with Crippen molar-refractivity contribution >= 4 is 17.9 Å². The Morgan fingerprint density at radius 3 is 1.15 bits per heavy atom. The van der Waals surface area contributed by atoms with Crippen LogP contribution in [0, 0.1) is 0 Å². The highest BCUT2D eigenvalue weighted by molar-refractivity contribution is 5.71.